The van der Waals surface area contributed by atoms with E-state index >= 15 is 0 Å². The zero-order valence-corrected chi connectivity index (χ0v) is 12.7. The molecule has 0 radical (unpaired) electrons. The van der Waals surface area contributed by atoms with Gasteiger partial charge in [0.25, 0.3) is 0 Å². The molecule has 3 nitrogen and oxygen atoms in total. The van der Waals surface area contributed by atoms with E-state index in [0.29, 0.717) is 18.9 Å². The molecule has 1 aromatic rings. The molecule has 110 valence electrons. The van der Waals surface area contributed by atoms with E-state index in [2.05, 4.69) is 26.0 Å². The molecule has 1 amide bonds. The molecule has 1 aliphatic rings. The highest BCUT2D eigenvalue weighted by Crippen LogP contribution is 2.26. The minimum atomic E-state index is -0.405. The second kappa shape index (κ2) is 6.40. The summed E-state index contributed by atoms with van der Waals surface area (Å²) < 4.78 is 0. The van der Waals surface area contributed by atoms with Crippen LogP contribution in [0.2, 0.25) is 0 Å². The lowest BCUT2D eigenvalue weighted by atomic mass is 9.93. The van der Waals surface area contributed by atoms with E-state index in [1.165, 1.54) is 11.1 Å². The monoisotopic (exact) mass is 275 g/mol. The summed E-state index contributed by atoms with van der Waals surface area (Å²) in [4.78, 5) is 13.7. The summed E-state index contributed by atoms with van der Waals surface area (Å²) in [5.74, 6) is 0.683. The van der Waals surface area contributed by atoms with Crippen molar-refractivity contribution >= 4 is 5.91 Å². The molecule has 0 aromatic heterocycles. The molecule has 1 heterocycles. The maximum absolute atomic E-state index is 11.8. The van der Waals surface area contributed by atoms with Crippen molar-refractivity contribution in [1.82, 2.24) is 4.90 Å². The van der Waals surface area contributed by atoms with Crippen molar-refractivity contribution < 1.29 is 9.90 Å². The van der Waals surface area contributed by atoms with Crippen molar-refractivity contribution in [1.29, 1.82) is 0 Å². The summed E-state index contributed by atoms with van der Waals surface area (Å²) in [6.45, 7) is 7.63. The van der Waals surface area contributed by atoms with Crippen LogP contribution in [-0.2, 0) is 17.8 Å². The number of aliphatic hydroxyl groups excluding tert-OH is 1. The van der Waals surface area contributed by atoms with E-state index in [-0.39, 0.29) is 5.91 Å². The SMILES string of the molecule is CCC(=O)N1CCc2ccc(C(O)CC(C)C)cc2C1. The van der Waals surface area contributed by atoms with Gasteiger partial charge in [-0.2, -0.15) is 0 Å². The molecule has 0 bridgehead atoms. The lowest BCUT2D eigenvalue weighted by molar-refractivity contribution is -0.131. The number of hydrogen-bond donors (Lipinski definition) is 1. The molecule has 1 unspecified atom stereocenters. The third kappa shape index (κ3) is 3.40. The molecule has 0 saturated carbocycles. The first-order chi connectivity index (χ1) is 9.51. The Morgan fingerprint density at radius 2 is 2.10 bits per heavy atom. The minimum absolute atomic E-state index is 0.212. The fourth-order valence-corrected chi connectivity index (χ4v) is 2.80. The zero-order chi connectivity index (χ0) is 14.7. The quantitative estimate of drug-likeness (QED) is 0.917. The lowest BCUT2D eigenvalue weighted by Crippen LogP contribution is -2.35. The van der Waals surface area contributed by atoms with Crippen LogP contribution in [0, 0.1) is 5.92 Å². The zero-order valence-electron chi connectivity index (χ0n) is 12.7. The van der Waals surface area contributed by atoms with Crippen molar-refractivity contribution in [2.45, 2.75) is 52.7 Å². The van der Waals surface area contributed by atoms with Crippen molar-refractivity contribution in [3.8, 4) is 0 Å². The molecule has 0 spiro atoms. The molecule has 1 atom stereocenters. The van der Waals surface area contributed by atoms with Crippen molar-refractivity contribution in [3.63, 3.8) is 0 Å². The average Bonchev–Trinajstić information content (AvgIpc) is 2.44. The third-order valence-electron chi connectivity index (χ3n) is 3.98. The highest BCUT2D eigenvalue weighted by Gasteiger charge is 2.20. The molecule has 3 heteroatoms. The highest BCUT2D eigenvalue weighted by molar-refractivity contribution is 5.76. The Bertz CT molecular complexity index is 482. The van der Waals surface area contributed by atoms with Crippen LogP contribution in [0.1, 0.15) is 56.4 Å². The molecule has 1 N–H and O–H groups in total. The first kappa shape index (κ1) is 15.0. The average molecular weight is 275 g/mol. The number of hydrogen-bond acceptors (Lipinski definition) is 2. The number of carbonyl (C=O) groups is 1. The van der Waals surface area contributed by atoms with E-state index in [1.54, 1.807) is 0 Å². The summed E-state index contributed by atoms with van der Waals surface area (Å²) in [6, 6.07) is 6.22. The fourth-order valence-electron chi connectivity index (χ4n) is 2.80. The van der Waals surface area contributed by atoms with Crippen LogP contribution in [0.3, 0.4) is 0 Å². The number of rotatable bonds is 4. The van der Waals surface area contributed by atoms with E-state index in [0.717, 1.165) is 24.9 Å². The molecular formula is C17H25NO2. The van der Waals surface area contributed by atoms with Gasteiger partial charge < -0.3 is 10.0 Å². The van der Waals surface area contributed by atoms with Crippen molar-refractivity contribution in [2.24, 2.45) is 5.92 Å². The van der Waals surface area contributed by atoms with Gasteiger partial charge in [-0.05, 0) is 35.4 Å². The van der Waals surface area contributed by atoms with E-state index in [9.17, 15) is 9.90 Å². The Morgan fingerprint density at radius 1 is 1.35 bits per heavy atom. The third-order valence-corrected chi connectivity index (χ3v) is 3.98. The van der Waals surface area contributed by atoms with E-state index in [4.69, 9.17) is 0 Å². The predicted molar refractivity (Wildman–Crippen MR) is 80.3 cm³/mol. The van der Waals surface area contributed by atoms with Gasteiger partial charge in [0.15, 0.2) is 0 Å². The Kier molecular flexibility index (Phi) is 4.81. The van der Waals surface area contributed by atoms with Crippen LogP contribution in [-0.4, -0.2) is 22.5 Å². The first-order valence-electron chi connectivity index (χ1n) is 7.58. The standard InChI is InChI=1S/C17H25NO2/c1-4-17(20)18-8-7-13-5-6-14(10-15(13)11-18)16(19)9-12(2)3/h5-6,10,12,16,19H,4,7-9,11H2,1-3H3. The van der Waals surface area contributed by atoms with Gasteiger partial charge in [0.05, 0.1) is 6.10 Å². The second-order valence-corrected chi connectivity index (χ2v) is 6.09. The summed E-state index contributed by atoms with van der Waals surface area (Å²) in [5, 5.41) is 10.2. The topological polar surface area (TPSA) is 40.5 Å². The summed E-state index contributed by atoms with van der Waals surface area (Å²) in [6.07, 6.45) is 1.85. The number of nitrogens with zero attached hydrogens (tertiary/aromatic N) is 1. The lowest BCUT2D eigenvalue weighted by Gasteiger charge is -2.29. The largest absolute Gasteiger partial charge is 0.388 e. The molecule has 0 fully saturated rings. The van der Waals surface area contributed by atoms with Gasteiger partial charge in [0.1, 0.15) is 0 Å². The van der Waals surface area contributed by atoms with E-state index in [1.807, 2.05) is 17.9 Å². The maximum Gasteiger partial charge on any atom is 0.222 e. The second-order valence-electron chi connectivity index (χ2n) is 6.09. The number of amides is 1. The smallest absolute Gasteiger partial charge is 0.222 e. The number of benzene rings is 1. The van der Waals surface area contributed by atoms with E-state index < -0.39 is 6.10 Å². The number of fused-ring (bicyclic) bond motifs is 1. The van der Waals surface area contributed by atoms with Crippen molar-refractivity contribution in [3.05, 3.63) is 34.9 Å². The summed E-state index contributed by atoms with van der Waals surface area (Å²) in [5.41, 5.74) is 3.48. The van der Waals surface area contributed by atoms with Crippen LogP contribution in [0.5, 0.6) is 0 Å². The molecule has 1 aromatic carbocycles. The van der Waals surface area contributed by atoms with Gasteiger partial charge in [0, 0.05) is 19.5 Å². The molecule has 2 rings (SSSR count). The van der Waals surface area contributed by atoms with Gasteiger partial charge in [-0.3, -0.25) is 4.79 Å². The summed E-state index contributed by atoms with van der Waals surface area (Å²) in [7, 11) is 0. The predicted octanol–water partition coefficient (Wildman–Crippen LogP) is 3.06. The Hall–Kier alpha value is -1.35. The Morgan fingerprint density at radius 3 is 2.75 bits per heavy atom. The Labute approximate surface area is 121 Å². The maximum atomic E-state index is 11.8. The van der Waals surface area contributed by atoms with Crippen molar-refractivity contribution in [2.75, 3.05) is 6.54 Å². The van der Waals surface area contributed by atoms with Crippen LogP contribution in [0.15, 0.2) is 18.2 Å². The van der Waals surface area contributed by atoms with Gasteiger partial charge in [-0.25, -0.2) is 0 Å². The van der Waals surface area contributed by atoms with Gasteiger partial charge in [-0.1, -0.05) is 39.0 Å². The van der Waals surface area contributed by atoms with Gasteiger partial charge >= 0.3 is 0 Å². The molecule has 0 saturated heterocycles. The van der Waals surface area contributed by atoms with Crippen LogP contribution >= 0.6 is 0 Å². The Balaban J connectivity index is 2.16. The molecule has 0 aliphatic carbocycles. The molecule has 1 aliphatic heterocycles. The highest BCUT2D eigenvalue weighted by atomic mass is 16.3. The fraction of sp³-hybridized carbons (Fsp3) is 0.588. The van der Waals surface area contributed by atoms with Gasteiger partial charge in [-0.15, -0.1) is 0 Å². The molecular weight excluding hydrogens is 250 g/mol. The van der Waals surface area contributed by atoms with Crippen LogP contribution in [0.25, 0.3) is 0 Å². The first-order valence-corrected chi connectivity index (χ1v) is 7.58. The summed E-state index contributed by atoms with van der Waals surface area (Å²) >= 11 is 0. The van der Waals surface area contributed by atoms with Crippen LogP contribution in [0.4, 0.5) is 0 Å². The molecule has 20 heavy (non-hydrogen) atoms. The van der Waals surface area contributed by atoms with Crippen LogP contribution < -0.4 is 0 Å². The number of carbonyl (C=O) groups excluding carboxylic acids is 1. The normalized spacial score (nSPS) is 16.1. The number of aliphatic hydroxyl groups is 1. The minimum Gasteiger partial charge on any atom is -0.388 e. The van der Waals surface area contributed by atoms with Gasteiger partial charge in [0.2, 0.25) is 5.91 Å².